The van der Waals surface area contributed by atoms with Crippen LogP contribution in [0.4, 0.5) is 19.6 Å². The maximum absolute atomic E-state index is 13.5. The Morgan fingerprint density at radius 3 is 2.78 bits per heavy atom. The smallest absolute Gasteiger partial charge is 0.286 e. The highest BCUT2D eigenvalue weighted by molar-refractivity contribution is 7.17. The molecule has 2 N–H and O–H groups in total. The third-order valence-corrected chi connectivity index (χ3v) is 3.55. The van der Waals surface area contributed by atoms with Crippen LogP contribution in [-0.2, 0) is 11.3 Å². The van der Waals surface area contributed by atoms with Crippen LogP contribution >= 0.6 is 11.3 Å². The molecule has 2 aromatic heterocycles. The number of carbonyl (C=O) groups excluding carboxylic acids is 2. The van der Waals surface area contributed by atoms with E-state index >= 15 is 0 Å². The van der Waals surface area contributed by atoms with E-state index in [1.54, 1.807) is 0 Å². The van der Waals surface area contributed by atoms with Gasteiger partial charge in [0.25, 0.3) is 11.5 Å². The quantitative estimate of drug-likeness (QED) is 0.864. The number of anilines is 2. The summed E-state index contributed by atoms with van der Waals surface area (Å²) >= 11 is 0.933. The van der Waals surface area contributed by atoms with Crippen LogP contribution in [0.5, 0.6) is 0 Å². The van der Waals surface area contributed by atoms with Crippen molar-refractivity contribution in [2.24, 2.45) is 0 Å². The predicted octanol–water partition coefficient (Wildman–Crippen LogP) is 1.62. The Kier molecular flexibility index (Phi) is 5.16. The van der Waals surface area contributed by atoms with E-state index in [-0.39, 0.29) is 28.1 Å². The second kappa shape index (κ2) is 7.09. The van der Waals surface area contributed by atoms with Crippen molar-refractivity contribution < 1.29 is 18.4 Å². The maximum atomic E-state index is 13.5. The molecule has 2 rings (SSSR count). The molecule has 0 atom stereocenters. The van der Waals surface area contributed by atoms with Crippen molar-refractivity contribution in [3.8, 4) is 0 Å². The van der Waals surface area contributed by atoms with Crippen LogP contribution in [0.2, 0.25) is 0 Å². The van der Waals surface area contributed by atoms with Gasteiger partial charge in [-0.3, -0.25) is 14.4 Å². The number of halogens is 2. The first-order valence-corrected chi connectivity index (χ1v) is 7.23. The van der Waals surface area contributed by atoms with Gasteiger partial charge in [0.2, 0.25) is 5.91 Å². The van der Waals surface area contributed by atoms with E-state index in [1.807, 2.05) is 0 Å². The number of rotatable bonds is 5. The number of aryl methyl sites for hydroxylation is 1. The summed E-state index contributed by atoms with van der Waals surface area (Å²) in [6, 6.07) is 0.852. The van der Waals surface area contributed by atoms with Crippen LogP contribution in [0.3, 0.4) is 0 Å². The fraction of sp³-hybridized carbons (Fsp3) is 0.231. The lowest BCUT2D eigenvalue weighted by molar-refractivity contribution is -0.114. The summed E-state index contributed by atoms with van der Waals surface area (Å²) in [5.74, 6) is -2.02. The number of pyridine rings is 1. The first-order chi connectivity index (χ1) is 10.9. The highest BCUT2D eigenvalue weighted by Crippen LogP contribution is 2.19. The molecule has 2 aromatic rings. The summed E-state index contributed by atoms with van der Waals surface area (Å²) in [6.07, 6.45) is 2.40. The lowest BCUT2D eigenvalue weighted by Gasteiger charge is -2.08. The Balaban J connectivity index is 2.18. The van der Waals surface area contributed by atoms with E-state index in [4.69, 9.17) is 0 Å². The third-order valence-electron chi connectivity index (χ3n) is 2.64. The summed E-state index contributed by atoms with van der Waals surface area (Å²) in [5, 5.41) is 5.06. The molecule has 0 saturated heterocycles. The molecule has 0 fully saturated rings. The summed E-state index contributed by atoms with van der Waals surface area (Å²) in [6.45, 7) is 0.149. The number of alkyl halides is 1. The molecule has 0 aliphatic rings. The van der Waals surface area contributed by atoms with Crippen molar-refractivity contribution in [3.05, 3.63) is 39.5 Å². The number of carbonyl (C=O) groups is 2. The number of aromatic nitrogens is 2. The van der Waals surface area contributed by atoms with Crippen LogP contribution in [0.15, 0.2) is 23.3 Å². The number of nitrogens with zero attached hydrogens (tertiary/aromatic N) is 2. The maximum Gasteiger partial charge on any atom is 0.286 e. The van der Waals surface area contributed by atoms with Gasteiger partial charge in [-0.15, -0.1) is 0 Å². The number of hydrogen-bond acceptors (Lipinski definition) is 5. The summed E-state index contributed by atoms with van der Waals surface area (Å²) in [7, 11) is 0. The fourth-order valence-corrected chi connectivity index (χ4v) is 2.46. The monoisotopic (exact) mass is 342 g/mol. The van der Waals surface area contributed by atoms with Crippen molar-refractivity contribution in [3.63, 3.8) is 0 Å². The first kappa shape index (κ1) is 16.7. The molecule has 0 aromatic carbocycles. The number of hydrogen-bond donors (Lipinski definition) is 2. The molecule has 2 amide bonds. The molecule has 0 saturated carbocycles. The van der Waals surface area contributed by atoms with Gasteiger partial charge in [0.05, 0.1) is 18.4 Å². The van der Waals surface area contributed by atoms with Crippen molar-refractivity contribution in [1.29, 1.82) is 0 Å². The molecule has 122 valence electrons. The van der Waals surface area contributed by atoms with E-state index < -0.39 is 24.0 Å². The van der Waals surface area contributed by atoms with E-state index in [0.29, 0.717) is 0 Å². The summed E-state index contributed by atoms with van der Waals surface area (Å²) in [4.78, 5) is 38.4. The largest absolute Gasteiger partial charge is 0.320 e. The first-order valence-electron chi connectivity index (χ1n) is 6.41. The highest BCUT2D eigenvalue weighted by atomic mass is 32.1. The molecule has 0 spiro atoms. The van der Waals surface area contributed by atoms with Gasteiger partial charge in [-0.25, -0.2) is 13.8 Å². The molecule has 10 heteroatoms. The minimum absolute atomic E-state index is 0.00928. The van der Waals surface area contributed by atoms with E-state index in [9.17, 15) is 23.2 Å². The fourth-order valence-electron chi connectivity index (χ4n) is 1.70. The molecular weight excluding hydrogens is 330 g/mol. The minimum Gasteiger partial charge on any atom is -0.320 e. The number of amides is 2. The van der Waals surface area contributed by atoms with Crippen molar-refractivity contribution >= 4 is 34.0 Å². The lowest BCUT2D eigenvalue weighted by atomic mass is 10.3. The Morgan fingerprint density at radius 1 is 1.39 bits per heavy atom. The molecule has 7 nitrogen and oxygen atoms in total. The molecular formula is C13H12F2N4O3S. The van der Waals surface area contributed by atoms with Gasteiger partial charge in [-0.1, -0.05) is 11.3 Å². The van der Waals surface area contributed by atoms with Gasteiger partial charge in [0.1, 0.15) is 11.6 Å². The molecule has 0 unspecified atom stereocenters. The van der Waals surface area contributed by atoms with Crippen LogP contribution in [0, 0.1) is 5.82 Å². The molecule has 0 aliphatic carbocycles. The van der Waals surface area contributed by atoms with Crippen molar-refractivity contribution in [1.82, 2.24) is 9.55 Å². The Bertz CT molecular complexity index is 803. The third kappa shape index (κ3) is 4.19. The standard InChI is InChI=1S/C13H12F2N4O3S/c1-7(20)17-13-16-5-10(23-13)11(21)18-8-4-9(15)12(22)19(6-8)3-2-14/h4-6H,2-3H2,1H3,(H,18,21)(H,16,17,20). The molecule has 0 aliphatic heterocycles. The zero-order valence-corrected chi connectivity index (χ0v) is 12.7. The van der Waals surface area contributed by atoms with Gasteiger partial charge < -0.3 is 15.2 Å². The molecule has 0 radical (unpaired) electrons. The van der Waals surface area contributed by atoms with E-state index in [0.717, 1.165) is 28.2 Å². The van der Waals surface area contributed by atoms with Crippen LogP contribution in [0.25, 0.3) is 0 Å². The second-order valence-corrected chi connectivity index (χ2v) is 5.46. The summed E-state index contributed by atoms with van der Waals surface area (Å²) in [5.41, 5.74) is -0.957. The van der Waals surface area contributed by atoms with Gasteiger partial charge in [-0.05, 0) is 0 Å². The SMILES string of the molecule is CC(=O)Nc1ncc(C(=O)Nc2cc(F)c(=O)n(CCF)c2)s1. The van der Waals surface area contributed by atoms with E-state index in [2.05, 4.69) is 15.6 Å². The highest BCUT2D eigenvalue weighted by Gasteiger charge is 2.13. The number of thiazole rings is 1. The Hall–Kier alpha value is -2.62. The number of nitrogens with one attached hydrogen (secondary N) is 2. The van der Waals surface area contributed by atoms with E-state index in [1.165, 1.54) is 13.1 Å². The lowest BCUT2D eigenvalue weighted by Crippen LogP contribution is -2.24. The van der Waals surface area contributed by atoms with Crippen LogP contribution in [0.1, 0.15) is 16.6 Å². The van der Waals surface area contributed by atoms with Crippen molar-refractivity contribution in [2.45, 2.75) is 13.5 Å². The molecule has 2 heterocycles. The average Bonchev–Trinajstić information content (AvgIpc) is 2.92. The Labute approximate surface area is 133 Å². The average molecular weight is 342 g/mol. The molecule has 0 bridgehead atoms. The second-order valence-electron chi connectivity index (χ2n) is 4.43. The predicted molar refractivity (Wildman–Crippen MR) is 81.0 cm³/mol. The minimum atomic E-state index is -1.10. The zero-order chi connectivity index (χ0) is 17.0. The topological polar surface area (TPSA) is 93.1 Å². The molecule has 23 heavy (non-hydrogen) atoms. The van der Waals surface area contributed by atoms with Gasteiger partial charge in [0.15, 0.2) is 10.9 Å². The van der Waals surface area contributed by atoms with Crippen LogP contribution < -0.4 is 16.2 Å². The Morgan fingerprint density at radius 2 is 2.13 bits per heavy atom. The van der Waals surface area contributed by atoms with Gasteiger partial charge in [-0.2, -0.15) is 0 Å². The van der Waals surface area contributed by atoms with Crippen molar-refractivity contribution in [2.75, 3.05) is 17.3 Å². The van der Waals surface area contributed by atoms with Gasteiger partial charge >= 0.3 is 0 Å². The normalized spacial score (nSPS) is 10.4. The van der Waals surface area contributed by atoms with Crippen LogP contribution in [-0.4, -0.2) is 28.0 Å². The zero-order valence-electron chi connectivity index (χ0n) is 11.9. The summed E-state index contributed by atoms with van der Waals surface area (Å²) < 4.78 is 26.7. The van der Waals surface area contributed by atoms with Gasteiger partial charge in [0, 0.05) is 19.2 Å².